The number of amides is 1. The van der Waals surface area contributed by atoms with E-state index in [9.17, 15) is 4.79 Å². The first kappa shape index (κ1) is 11.4. The number of carbonyl (C=O) groups is 1. The largest absolute Gasteiger partial charge is 0.327 e. The van der Waals surface area contributed by atoms with Gasteiger partial charge in [-0.15, -0.1) is 0 Å². The van der Waals surface area contributed by atoms with Crippen molar-refractivity contribution in [2.24, 2.45) is 17.5 Å². The van der Waals surface area contributed by atoms with Gasteiger partial charge in [-0.25, -0.2) is 5.84 Å². The number of carbonyl (C=O) groups excluding carboxylic acids is 1. The number of hydrogen-bond acceptors (Lipinski definition) is 4. The summed E-state index contributed by atoms with van der Waals surface area (Å²) in [6.45, 7) is 2.14. The second kappa shape index (κ2) is 5.29. The van der Waals surface area contributed by atoms with Crippen molar-refractivity contribution >= 4 is 5.91 Å². The maximum absolute atomic E-state index is 11.0. The molecule has 1 fully saturated rings. The van der Waals surface area contributed by atoms with Gasteiger partial charge in [0, 0.05) is 12.5 Å². The molecule has 1 aliphatic heterocycles. The zero-order valence-electron chi connectivity index (χ0n) is 8.70. The highest BCUT2D eigenvalue weighted by Gasteiger charge is 2.23. The molecule has 5 N–H and O–H groups in total. The van der Waals surface area contributed by atoms with Crippen LogP contribution < -0.4 is 17.0 Å². The van der Waals surface area contributed by atoms with Crippen LogP contribution in [0.15, 0.2) is 0 Å². The van der Waals surface area contributed by atoms with Crippen molar-refractivity contribution in [3.63, 3.8) is 0 Å². The van der Waals surface area contributed by atoms with Crippen molar-refractivity contribution in [1.82, 2.24) is 10.3 Å². The Labute approximate surface area is 84.8 Å². The zero-order chi connectivity index (χ0) is 10.6. The van der Waals surface area contributed by atoms with Crippen LogP contribution in [0.2, 0.25) is 0 Å². The number of hydrazine groups is 1. The lowest BCUT2D eigenvalue weighted by molar-refractivity contribution is -0.121. The summed E-state index contributed by atoms with van der Waals surface area (Å²) in [6, 6.07) is -0.0488. The molecule has 0 aromatic heterocycles. The lowest BCUT2D eigenvalue weighted by Gasteiger charge is -2.32. The van der Waals surface area contributed by atoms with Crippen LogP contribution in [0.5, 0.6) is 0 Å². The molecular formula is C9H20N4O. The Morgan fingerprint density at radius 2 is 2.14 bits per heavy atom. The number of nitrogens with two attached hydrogens (primary N) is 2. The molecule has 1 aliphatic rings. The predicted octanol–water partition coefficient (Wildman–Crippen LogP) is -0.964. The summed E-state index contributed by atoms with van der Waals surface area (Å²) in [5.74, 6) is 5.30. The summed E-state index contributed by atoms with van der Waals surface area (Å²) in [5.41, 5.74) is 8.05. The van der Waals surface area contributed by atoms with E-state index in [0.717, 1.165) is 25.9 Å². The van der Waals surface area contributed by atoms with Crippen LogP contribution in [0.1, 0.15) is 19.3 Å². The summed E-state index contributed by atoms with van der Waals surface area (Å²) in [5, 5.41) is 0. The second-order valence-electron chi connectivity index (χ2n) is 4.08. The maximum Gasteiger partial charge on any atom is 0.235 e. The standard InChI is InChI=1S/C9H20N4O/c1-13-4-2-7(3-5-13)8(10)6-9(14)12-11/h7-8H,2-6,10-11H2,1H3,(H,12,14). The van der Waals surface area contributed by atoms with Crippen molar-refractivity contribution in [3.05, 3.63) is 0 Å². The SMILES string of the molecule is CN1CCC(C(N)CC(=O)NN)CC1. The third-order valence-corrected chi connectivity index (χ3v) is 2.95. The molecule has 0 aromatic carbocycles. The van der Waals surface area contributed by atoms with Gasteiger partial charge in [-0.3, -0.25) is 10.2 Å². The van der Waals surface area contributed by atoms with Gasteiger partial charge in [0.15, 0.2) is 0 Å². The molecule has 0 aromatic rings. The smallest absolute Gasteiger partial charge is 0.235 e. The molecule has 1 unspecified atom stereocenters. The number of hydrogen-bond donors (Lipinski definition) is 3. The quantitative estimate of drug-likeness (QED) is 0.311. The lowest BCUT2D eigenvalue weighted by atomic mass is 9.88. The number of nitrogens with one attached hydrogen (secondary N) is 1. The van der Waals surface area contributed by atoms with E-state index < -0.39 is 0 Å². The monoisotopic (exact) mass is 200 g/mol. The normalized spacial score (nSPS) is 21.9. The minimum absolute atomic E-state index is 0.0488. The predicted molar refractivity (Wildman–Crippen MR) is 55.1 cm³/mol. The van der Waals surface area contributed by atoms with Crippen LogP contribution in [-0.2, 0) is 4.79 Å². The molecule has 0 aliphatic carbocycles. The molecule has 0 bridgehead atoms. The molecule has 82 valence electrons. The summed E-state index contributed by atoms with van der Waals surface area (Å²) in [7, 11) is 2.11. The summed E-state index contributed by atoms with van der Waals surface area (Å²) >= 11 is 0. The molecule has 5 heteroatoms. The van der Waals surface area contributed by atoms with E-state index in [1.807, 2.05) is 0 Å². The zero-order valence-corrected chi connectivity index (χ0v) is 8.70. The summed E-state index contributed by atoms with van der Waals surface area (Å²) < 4.78 is 0. The third kappa shape index (κ3) is 3.25. The summed E-state index contributed by atoms with van der Waals surface area (Å²) in [4.78, 5) is 13.3. The Morgan fingerprint density at radius 1 is 1.57 bits per heavy atom. The minimum Gasteiger partial charge on any atom is -0.327 e. The lowest BCUT2D eigenvalue weighted by Crippen LogP contribution is -2.43. The third-order valence-electron chi connectivity index (χ3n) is 2.95. The first-order chi connectivity index (χ1) is 6.63. The second-order valence-corrected chi connectivity index (χ2v) is 4.08. The van der Waals surface area contributed by atoms with Crippen molar-refractivity contribution in [3.8, 4) is 0 Å². The van der Waals surface area contributed by atoms with E-state index in [1.54, 1.807) is 0 Å². The fraction of sp³-hybridized carbons (Fsp3) is 0.889. The highest BCUT2D eigenvalue weighted by molar-refractivity contribution is 5.75. The van der Waals surface area contributed by atoms with E-state index >= 15 is 0 Å². The minimum atomic E-state index is -0.170. The first-order valence-corrected chi connectivity index (χ1v) is 5.07. The molecule has 1 rings (SSSR count). The van der Waals surface area contributed by atoms with Gasteiger partial charge in [0.05, 0.1) is 0 Å². The van der Waals surface area contributed by atoms with E-state index in [0.29, 0.717) is 12.3 Å². The molecule has 0 saturated carbocycles. The fourth-order valence-corrected chi connectivity index (χ4v) is 1.90. The van der Waals surface area contributed by atoms with Crippen LogP contribution in [0, 0.1) is 5.92 Å². The van der Waals surface area contributed by atoms with Gasteiger partial charge < -0.3 is 10.6 Å². The van der Waals surface area contributed by atoms with Gasteiger partial charge in [-0.1, -0.05) is 0 Å². The molecule has 1 heterocycles. The topological polar surface area (TPSA) is 84.4 Å². The van der Waals surface area contributed by atoms with Crippen LogP contribution >= 0.6 is 0 Å². The van der Waals surface area contributed by atoms with E-state index in [4.69, 9.17) is 11.6 Å². The Hall–Kier alpha value is -0.650. The summed E-state index contributed by atoms with van der Waals surface area (Å²) in [6.07, 6.45) is 2.50. The van der Waals surface area contributed by atoms with Crippen molar-refractivity contribution in [2.75, 3.05) is 20.1 Å². The molecule has 5 nitrogen and oxygen atoms in total. The van der Waals surface area contributed by atoms with Crippen LogP contribution in [0.3, 0.4) is 0 Å². The van der Waals surface area contributed by atoms with Crippen LogP contribution in [0.4, 0.5) is 0 Å². The molecule has 1 amide bonds. The van der Waals surface area contributed by atoms with Gasteiger partial charge in [0.1, 0.15) is 0 Å². The Balaban J connectivity index is 2.30. The van der Waals surface area contributed by atoms with Crippen LogP contribution in [-0.4, -0.2) is 37.0 Å². The van der Waals surface area contributed by atoms with Gasteiger partial charge in [-0.2, -0.15) is 0 Å². The van der Waals surface area contributed by atoms with Gasteiger partial charge in [-0.05, 0) is 38.9 Å². The molecule has 1 atom stereocenters. The number of piperidine rings is 1. The van der Waals surface area contributed by atoms with Crippen molar-refractivity contribution < 1.29 is 4.79 Å². The van der Waals surface area contributed by atoms with E-state index in [-0.39, 0.29) is 11.9 Å². The molecule has 14 heavy (non-hydrogen) atoms. The molecular weight excluding hydrogens is 180 g/mol. The van der Waals surface area contributed by atoms with Gasteiger partial charge >= 0.3 is 0 Å². The van der Waals surface area contributed by atoms with E-state index in [1.165, 1.54) is 0 Å². The highest BCUT2D eigenvalue weighted by Crippen LogP contribution is 2.20. The highest BCUT2D eigenvalue weighted by atomic mass is 16.2. The van der Waals surface area contributed by atoms with Crippen LogP contribution in [0.25, 0.3) is 0 Å². The van der Waals surface area contributed by atoms with Crippen molar-refractivity contribution in [1.29, 1.82) is 0 Å². The number of nitrogens with zero attached hydrogens (tertiary/aromatic N) is 1. The Bertz CT molecular complexity index is 189. The average Bonchev–Trinajstić information content (AvgIpc) is 2.18. The van der Waals surface area contributed by atoms with Gasteiger partial charge in [0.25, 0.3) is 0 Å². The molecule has 0 radical (unpaired) electrons. The Kier molecular flexibility index (Phi) is 4.31. The molecule has 1 saturated heterocycles. The van der Waals surface area contributed by atoms with Gasteiger partial charge in [0.2, 0.25) is 5.91 Å². The number of rotatable bonds is 3. The average molecular weight is 200 g/mol. The maximum atomic E-state index is 11.0. The van der Waals surface area contributed by atoms with E-state index in [2.05, 4.69) is 17.4 Å². The van der Waals surface area contributed by atoms with Crippen molar-refractivity contribution in [2.45, 2.75) is 25.3 Å². The molecule has 0 spiro atoms. The fourth-order valence-electron chi connectivity index (χ4n) is 1.90. The number of likely N-dealkylation sites (tertiary alicyclic amines) is 1. The Morgan fingerprint density at radius 3 is 2.64 bits per heavy atom. The first-order valence-electron chi connectivity index (χ1n) is 5.07.